The topological polar surface area (TPSA) is 12.0 Å². The molecule has 0 heterocycles. The Labute approximate surface area is 147 Å². The lowest BCUT2D eigenvalue weighted by molar-refractivity contribution is 0.302. The summed E-state index contributed by atoms with van der Waals surface area (Å²) in [7, 11) is 0. The molecule has 1 saturated carbocycles. The fraction of sp³-hybridized carbons (Fsp3) is 0.636. The highest BCUT2D eigenvalue weighted by atomic mass is 19.1. The highest BCUT2D eigenvalue weighted by Gasteiger charge is 2.22. The van der Waals surface area contributed by atoms with E-state index in [1.54, 1.807) is 6.07 Å². The monoisotopic (exact) mass is 331 g/mol. The largest absolute Gasteiger partial charge is 0.313 e. The predicted octanol–water partition coefficient (Wildman–Crippen LogP) is 6.30. The average Bonchev–Trinajstić information content (AvgIpc) is 2.60. The molecule has 1 fully saturated rings. The van der Waals surface area contributed by atoms with E-state index in [1.807, 2.05) is 13.0 Å². The van der Waals surface area contributed by atoms with Crippen molar-refractivity contribution >= 4 is 5.57 Å². The molecule has 2 heteroatoms. The van der Waals surface area contributed by atoms with Gasteiger partial charge in [-0.05, 0) is 61.3 Å². The van der Waals surface area contributed by atoms with Crippen molar-refractivity contribution in [2.45, 2.75) is 71.1 Å². The van der Waals surface area contributed by atoms with Gasteiger partial charge in [0.2, 0.25) is 0 Å². The van der Waals surface area contributed by atoms with Crippen LogP contribution in [0, 0.1) is 11.7 Å². The van der Waals surface area contributed by atoms with Gasteiger partial charge in [-0.25, -0.2) is 4.39 Å². The van der Waals surface area contributed by atoms with Gasteiger partial charge in [0, 0.05) is 12.1 Å². The summed E-state index contributed by atoms with van der Waals surface area (Å²) in [6.07, 6.45) is 10.5. The molecule has 1 nitrogen and oxygen atoms in total. The van der Waals surface area contributed by atoms with Crippen LogP contribution >= 0.6 is 0 Å². The average molecular weight is 332 g/mol. The second-order valence-corrected chi connectivity index (χ2v) is 7.34. The minimum atomic E-state index is -0.111. The summed E-state index contributed by atoms with van der Waals surface area (Å²) in [6.45, 7) is 9.85. The summed E-state index contributed by atoms with van der Waals surface area (Å²) in [5.41, 5.74) is 2.67. The van der Waals surface area contributed by atoms with Gasteiger partial charge >= 0.3 is 0 Å². The van der Waals surface area contributed by atoms with Crippen LogP contribution in [0.2, 0.25) is 0 Å². The summed E-state index contributed by atoms with van der Waals surface area (Å²) in [5.74, 6) is 1.33. The number of unbranched alkanes of at least 4 members (excludes halogenated alkanes) is 2. The molecule has 0 spiro atoms. The number of likely N-dealkylation sites (N-methyl/N-ethyl adjacent to an activating group) is 1. The first-order valence-corrected chi connectivity index (χ1v) is 9.84. The van der Waals surface area contributed by atoms with Crippen LogP contribution in [0.5, 0.6) is 0 Å². The van der Waals surface area contributed by atoms with Gasteiger partial charge in [0.15, 0.2) is 0 Å². The van der Waals surface area contributed by atoms with Crippen LogP contribution in [0.1, 0.15) is 82.3 Å². The molecule has 1 aliphatic carbocycles. The fourth-order valence-corrected chi connectivity index (χ4v) is 3.91. The molecular formula is C22H34FN. The van der Waals surface area contributed by atoms with Crippen molar-refractivity contribution in [2.75, 3.05) is 13.1 Å². The molecule has 2 rings (SSSR count). The predicted molar refractivity (Wildman–Crippen MR) is 103 cm³/mol. The van der Waals surface area contributed by atoms with E-state index in [0.717, 1.165) is 18.0 Å². The molecule has 0 amide bonds. The van der Waals surface area contributed by atoms with E-state index in [4.69, 9.17) is 0 Å². The summed E-state index contributed by atoms with van der Waals surface area (Å²) >= 11 is 0. The highest BCUT2D eigenvalue weighted by Crippen LogP contribution is 2.38. The van der Waals surface area contributed by atoms with Gasteiger partial charge in [0.05, 0.1) is 0 Å². The lowest BCUT2D eigenvalue weighted by Gasteiger charge is -2.29. The van der Waals surface area contributed by atoms with E-state index < -0.39 is 0 Å². The van der Waals surface area contributed by atoms with E-state index in [1.165, 1.54) is 56.9 Å². The molecule has 24 heavy (non-hydrogen) atoms. The van der Waals surface area contributed by atoms with Crippen LogP contribution in [0.3, 0.4) is 0 Å². The van der Waals surface area contributed by atoms with Gasteiger partial charge in [-0.15, -0.1) is 0 Å². The van der Waals surface area contributed by atoms with E-state index >= 15 is 0 Å². The summed E-state index contributed by atoms with van der Waals surface area (Å²) in [6, 6.07) is 5.81. The van der Waals surface area contributed by atoms with Gasteiger partial charge in [0.25, 0.3) is 0 Å². The van der Waals surface area contributed by atoms with E-state index in [-0.39, 0.29) is 5.82 Å². The zero-order valence-electron chi connectivity index (χ0n) is 15.5. The summed E-state index contributed by atoms with van der Waals surface area (Å²) < 4.78 is 14.5. The molecule has 1 aromatic rings. The van der Waals surface area contributed by atoms with Crippen molar-refractivity contribution in [3.05, 3.63) is 41.7 Å². The van der Waals surface area contributed by atoms with Gasteiger partial charge in [-0.1, -0.05) is 58.2 Å². The Morgan fingerprint density at radius 3 is 2.54 bits per heavy atom. The Balaban J connectivity index is 1.89. The van der Waals surface area contributed by atoms with Crippen molar-refractivity contribution in [3.8, 4) is 0 Å². The fourth-order valence-electron chi connectivity index (χ4n) is 3.91. The first kappa shape index (κ1) is 19.2. The minimum absolute atomic E-state index is 0.111. The molecule has 0 aliphatic heterocycles. The van der Waals surface area contributed by atoms with Crippen LogP contribution in [0.25, 0.3) is 5.57 Å². The maximum absolute atomic E-state index is 14.5. The normalized spacial score (nSPS) is 21.0. The van der Waals surface area contributed by atoms with Gasteiger partial charge < -0.3 is 5.32 Å². The Bertz CT molecular complexity index is 515. The Morgan fingerprint density at radius 1 is 1.17 bits per heavy atom. The van der Waals surface area contributed by atoms with Gasteiger partial charge in [-0.3, -0.25) is 0 Å². The number of hydrogen-bond donors (Lipinski definition) is 1. The van der Waals surface area contributed by atoms with Crippen LogP contribution in [-0.2, 0) is 0 Å². The van der Waals surface area contributed by atoms with E-state index in [0.29, 0.717) is 18.0 Å². The lowest BCUT2D eigenvalue weighted by Crippen LogP contribution is -2.16. The van der Waals surface area contributed by atoms with Crippen molar-refractivity contribution in [3.63, 3.8) is 0 Å². The minimum Gasteiger partial charge on any atom is -0.313 e. The van der Waals surface area contributed by atoms with Crippen LogP contribution in [0.4, 0.5) is 4.39 Å². The molecule has 0 radical (unpaired) electrons. The van der Waals surface area contributed by atoms with Crippen molar-refractivity contribution in [2.24, 2.45) is 5.92 Å². The third-order valence-electron chi connectivity index (χ3n) is 5.50. The first-order valence-electron chi connectivity index (χ1n) is 9.84. The van der Waals surface area contributed by atoms with Crippen molar-refractivity contribution in [1.29, 1.82) is 0 Å². The molecule has 0 saturated heterocycles. The first-order chi connectivity index (χ1) is 11.7. The third-order valence-corrected chi connectivity index (χ3v) is 5.50. The maximum Gasteiger partial charge on any atom is 0.131 e. The molecule has 0 aromatic heterocycles. The van der Waals surface area contributed by atoms with Crippen LogP contribution in [0.15, 0.2) is 24.8 Å². The third kappa shape index (κ3) is 5.44. The second kappa shape index (κ2) is 9.98. The van der Waals surface area contributed by atoms with Crippen LogP contribution in [-0.4, -0.2) is 13.1 Å². The molecule has 1 aliphatic rings. The number of halogens is 1. The SMILES string of the molecule is C=C(CNCC)c1ccc(C2CCC(CCCCC)CC2)cc1F. The van der Waals surface area contributed by atoms with Crippen molar-refractivity contribution < 1.29 is 4.39 Å². The zero-order chi connectivity index (χ0) is 17.4. The summed E-state index contributed by atoms with van der Waals surface area (Å²) in [4.78, 5) is 0. The quantitative estimate of drug-likeness (QED) is 0.523. The molecular weight excluding hydrogens is 297 g/mol. The molecule has 1 N–H and O–H groups in total. The molecule has 134 valence electrons. The highest BCUT2D eigenvalue weighted by molar-refractivity contribution is 5.65. The van der Waals surface area contributed by atoms with E-state index in [9.17, 15) is 4.39 Å². The summed E-state index contributed by atoms with van der Waals surface area (Å²) in [5, 5.41) is 3.21. The number of rotatable bonds is 9. The van der Waals surface area contributed by atoms with Gasteiger partial charge in [-0.2, -0.15) is 0 Å². The lowest BCUT2D eigenvalue weighted by atomic mass is 9.77. The van der Waals surface area contributed by atoms with Crippen molar-refractivity contribution in [1.82, 2.24) is 5.32 Å². The second-order valence-electron chi connectivity index (χ2n) is 7.34. The standard InChI is InChI=1S/C22H34FN/c1-4-6-7-8-18-9-11-19(12-10-18)20-13-14-21(22(23)15-20)17(3)16-24-5-2/h13-15,18-19,24H,3-12,16H2,1-2H3. The Hall–Kier alpha value is -1.15. The van der Waals surface area contributed by atoms with Crippen LogP contribution < -0.4 is 5.32 Å². The molecule has 0 unspecified atom stereocenters. The maximum atomic E-state index is 14.5. The molecule has 0 bridgehead atoms. The van der Waals surface area contributed by atoms with E-state index in [2.05, 4.69) is 24.9 Å². The Morgan fingerprint density at radius 2 is 1.92 bits per heavy atom. The smallest absolute Gasteiger partial charge is 0.131 e. The number of benzene rings is 1. The number of hydrogen-bond acceptors (Lipinski definition) is 1. The van der Waals surface area contributed by atoms with Gasteiger partial charge in [0.1, 0.15) is 5.82 Å². The molecule has 0 atom stereocenters. The number of nitrogens with one attached hydrogen (secondary N) is 1. The Kier molecular flexibility index (Phi) is 7.98. The zero-order valence-corrected chi connectivity index (χ0v) is 15.5. The molecule has 1 aromatic carbocycles.